The van der Waals surface area contributed by atoms with Gasteiger partial charge in [0.1, 0.15) is 11.3 Å². The Morgan fingerprint density at radius 1 is 0.893 bits per heavy atom. The molecule has 3 rings (SSSR count). The van der Waals surface area contributed by atoms with E-state index in [4.69, 9.17) is 0 Å². The summed E-state index contributed by atoms with van der Waals surface area (Å²) in [6.45, 7) is 1.58. The van der Waals surface area contributed by atoms with Gasteiger partial charge in [-0.1, -0.05) is 54.6 Å². The number of rotatable bonds is 7. The number of aliphatic carboxylic acids is 1. The van der Waals surface area contributed by atoms with Gasteiger partial charge in [-0.05, 0) is 36.8 Å². The molecule has 3 aromatic carbocycles. The molecular formula is C23H21NO4. The number of anilines is 1. The van der Waals surface area contributed by atoms with Crippen molar-refractivity contribution in [3.63, 3.8) is 0 Å². The first-order chi connectivity index (χ1) is 13.4. The summed E-state index contributed by atoms with van der Waals surface area (Å²) in [5.74, 6) is -1.10. The second kappa shape index (κ2) is 7.96. The lowest BCUT2D eigenvalue weighted by Gasteiger charge is -2.28. The lowest BCUT2D eigenvalue weighted by atomic mass is 9.91. The summed E-state index contributed by atoms with van der Waals surface area (Å²) in [5.41, 5.74) is 0.811. The molecule has 1 atom stereocenters. The molecule has 0 radical (unpaired) electrons. The van der Waals surface area contributed by atoms with Gasteiger partial charge in [0.2, 0.25) is 0 Å². The molecule has 0 saturated heterocycles. The minimum absolute atomic E-state index is 0.118. The zero-order chi connectivity index (χ0) is 20.1. The first-order valence-corrected chi connectivity index (χ1v) is 8.87. The monoisotopic (exact) mass is 375 g/mol. The third-order valence-electron chi connectivity index (χ3n) is 4.58. The molecule has 0 aliphatic rings. The van der Waals surface area contributed by atoms with Crippen molar-refractivity contribution in [2.45, 2.75) is 18.9 Å². The first-order valence-electron chi connectivity index (χ1n) is 8.87. The van der Waals surface area contributed by atoms with Crippen LogP contribution in [0.3, 0.4) is 0 Å². The highest BCUT2D eigenvalue weighted by Crippen LogP contribution is 2.26. The number of nitrogens with one attached hydrogen (secondary N) is 1. The van der Waals surface area contributed by atoms with Crippen molar-refractivity contribution < 1.29 is 19.8 Å². The lowest BCUT2D eigenvalue weighted by molar-refractivity contribution is -0.141. The molecule has 0 aliphatic heterocycles. The molecule has 0 saturated carbocycles. The molecule has 0 spiro atoms. The number of hydrogen-bond donors (Lipinski definition) is 3. The molecule has 0 bridgehead atoms. The number of hydrogen-bond acceptors (Lipinski definition) is 4. The second-order valence-corrected chi connectivity index (χ2v) is 6.85. The van der Waals surface area contributed by atoms with Crippen molar-refractivity contribution >= 4 is 17.4 Å². The number of benzene rings is 3. The normalized spacial score (nSPS) is 12.8. The summed E-state index contributed by atoms with van der Waals surface area (Å²) in [4.78, 5) is 25.0. The quantitative estimate of drug-likeness (QED) is 0.541. The van der Waals surface area contributed by atoms with Gasteiger partial charge in [0.15, 0.2) is 5.78 Å². The zero-order valence-corrected chi connectivity index (χ0v) is 15.4. The smallest absolute Gasteiger partial charge is 0.329 e. The fourth-order valence-corrected chi connectivity index (χ4v) is 3.03. The van der Waals surface area contributed by atoms with Crippen molar-refractivity contribution in [2.24, 2.45) is 0 Å². The van der Waals surface area contributed by atoms with Gasteiger partial charge >= 0.3 is 5.97 Å². The Balaban J connectivity index is 1.93. The molecule has 0 unspecified atom stereocenters. The molecule has 28 heavy (non-hydrogen) atoms. The third kappa shape index (κ3) is 4.20. The minimum atomic E-state index is -1.34. The van der Waals surface area contributed by atoms with E-state index in [9.17, 15) is 19.8 Å². The van der Waals surface area contributed by atoms with Crippen LogP contribution in [-0.2, 0) is 11.2 Å². The molecule has 0 amide bonds. The fraction of sp³-hybridized carbons (Fsp3) is 0.130. The highest BCUT2D eigenvalue weighted by molar-refractivity contribution is 6.12. The number of phenols is 1. The van der Waals surface area contributed by atoms with Crippen LogP contribution in [0.1, 0.15) is 28.4 Å². The highest BCUT2D eigenvalue weighted by atomic mass is 16.4. The van der Waals surface area contributed by atoms with Crippen LogP contribution in [0.2, 0.25) is 0 Å². The maximum atomic E-state index is 12.9. The second-order valence-electron chi connectivity index (χ2n) is 6.85. The average Bonchev–Trinajstić information content (AvgIpc) is 2.70. The van der Waals surface area contributed by atoms with E-state index in [1.165, 1.54) is 12.1 Å². The number of ketones is 1. The summed E-state index contributed by atoms with van der Waals surface area (Å²) in [6.07, 6.45) is 0.177. The predicted octanol–water partition coefficient (Wildman–Crippen LogP) is 4.12. The van der Waals surface area contributed by atoms with E-state index in [0.717, 1.165) is 5.56 Å². The third-order valence-corrected chi connectivity index (χ3v) is 4.58. The van der Waals surface area contributed by atoms with E-state index in [1.54, 1.807) is 67.6 Å². The largest absolute Gasteiger partial charge is 0.508 e. The van der Waals surface area contributed by atoms with Crippen molar-refractivity contribution in [3.8, 4) is 5.75 Å². The highest BCUT2D eigenvalue weighted by Gasteiger charge is 2.34. The van der Waals surface area contributed by atoms with Gasteiger partial charge in [0.05, 0.1) is 0 Å². The molecule has 3 aromatic rings. The maximum absolute atomic E-state index is 12.9. The van der Waals surface area contributed by atoms with Gasteiger partial charge in [0.25, 0.3) is 0 Å². The summed E-state index contributed by atoms with van der Waals surface area (Å²) < 4.78 is 0. The predicted molar refractivity (Wildman–Crippen MR) is 108 cm³/mol. The Hall–Kier alpha value is -3.60. The van der Waals surface area contributed by atoms with Crippen molar-refractivity contribution in [2.75, 3.05) is 5.32 Å². The summed E-state index contributed by atoms with van der Waals surface area (Å²) in [7, 11) is 0. The van der Waals surface area contributed by atoms with Crippen LogP contribution in [0, 0.1) is 0 Å². The maximum Gasteiger partial charge on any atom is 0.329 e. The lowest BCUT2D eigenvalue weighted by Crippen LogP contribution is -2.45. The van der Waals surface area contributed by atoms with Crippen LogP contribution in [0.25, 0.3) is 0 Å². The summed E-state index contributed by atoms with van der Waals surface area (Å²) in [6, 6.07) is 22.2. The molecule has 0 fully saturated rings. The van der Waals surface area contributed by atoms with Crippen molar-refractivity contribution in [3.05, 3.63) is 95.6 Å². The Bertz CT molecular complexity index is 983. The van der Waals surface area contributed by atoms with Crippen molar-refractivity contribution in [1.29, 1.82) is 0 Å². The molecule has 0 aliphatic carbocycles. The summed E-state index contributed by atoms with van der Waals surface area (Å²) >= 11 is 0. The molecule has 5 nitrogen and oxygen atoms in total. The number of phenolic OH excluding ortho intramolecular Hbond substituents is 1. The van der Waals surface area contributed by atoms with E-state index in [-0.39, 0.29) is 18.0 Å². The number of carboxylic acid groups (broad SMARTS) is 1. The van der Waals surface area contributed by atoms with Gasteiger partial charge in [-0.15, -0.1) is 0 Å². The molecule has 142 valence electrons. The standard InChI is InChI=1S/C23H21NO4/c1-23(22(27)28,15-16-11-13-18(25)14-12-16)24-20-10-6-5-9-19(20)21(26)17-7-3-2-4-8-17/h2-14,24-25H,15H2,1H3,(H,27,28)/t23-/m0/s1. The Morgan fingerprint density at radius 3 is 2.14 bits per heavy atom. The Kier molecular flexibility index (Phi) is 5.45. The Morgan fingerprint density at radius 2 is 1.50 bits per heavy atom. The van der Waals surface area contributed by atoms with Crippen LogP contribution in [0.5, 0.6) is 5.75 Å². The molecule has 0 heterocycles. The van der Waals surface area contributed by atoms with E-state index < -0.39 is 11.5 Å². The molecule has 5 heteroatoms. The Labute approximate surface area is 163 Å². The number of aromatic hydroxyl groups is 1. The van der Waals surface area contributed by atoms with Gasteiger partial charge in [-0.25, -0.2) is 4.79 Å². The van der Waals surface area contributed by atoms with E-state index in [1.807, 2.05) is 6.07 Å². The molecule has 3 N–H and O–H groups in total. The molecule has 0 aromatic heterocycles. The topological polar surface area (TPSA) is 86.6 Å². The summed E-state index contributed by atoms with van der Waals surface area (Å²) in [5, 5.41) is 22.3. The average molecular weight is 375 g/mol. The first kappa shape index (κ1) is 19.2. The van der Waals surface area contributed by atoms with E-state index in [0.29, 0.717) is 16.8 Å². The van der Waals surface area contributed by atoms with E-state index >= 15 is 0 Å². The zero-order valence-electron chi connectivity index (χ0n) is 15.4. The van der Waals surface area contributed by atoms with E-state index in [2.05, 4.69) is 5.32 Å². The van der Waals surface area contributed by atoms with Crippen LogP contribution >= 0.6 is 0 Å². The van der Waals surface area contributed by atoms with Crippen molar-refractivity contribution in [1.82, 2.24) is 0 Å². The number of para-hydroxylation sites is 1. The van der Waals surface area contributed by atoms with Gasteiger partial charge in [0, 0.05) is 23.2 Å². The van der Waals surface area contributed by atoms with Crippen LogP contribution in [0.4, 0.5) is 5.69 Å². The van der Waals surface area contributed by atoms with Gasteiger partial charge in [-0.2, -0.15) is 0 Å². The fourth-order valence-electron chi connectivity index (χ4n) is 3.03. The SMILES string of the molecule is C[C@@](Cc1ccc(O)cc1)(Nc1ccccc1C(=O)c1ccccc1)C(=O)O. The van der Waals surface area contributed by atoms with Crippen LogP contribution in [-0.4, -0.2) is 27.5 Å². The van der Waals surface area contributed by atoms with Gasteiger partial charge < -0.3 is 15.5 Å². The number of carbonyl (C=O) groups is 2. The number of carboxylic acids is 1. The van der Waals surface area contributed by atoms with Gasteiger partial charge in [-0.3, -0.25) is 4.79 Å². The minimum Gasteiger partial charge on any atom is -0.508 e. The number of carbonyl (C=O) groups excluding carboxylic acids is 1. The van der Waals surface area contributed by atoms with Crippen LogP contribution < -0.4 is 5.32 Å². The molecular weight excluding hydrogens is 354 g/mol. The van der Waals surface area contributed by atoms with Crippen LogP contribution in [0.15, 0.2) is 78.9 Å².